The third-order valence-electron chi connectivity index (χ3n) is 0.553. The molecule has 0 saturated carbocycles. The summed E-state index contributed by atoms with van der Waals surface area (Å²) in [7, 11) is 4.10. The van der Waals surface area contributed by atoms with E-state index in [2.05, 4.69) is 24.4 Å². The Balaban J connectivity index is 2.72. The minimum atomic E-state index is -0.224. The summed E-state index contributed by atoms with van der Waals surface area (Å²) >= 11 is -0.224. The van der Waals surface area contributed by atoms with E-state index in [9.17, 15) is 0 Å². The van der Waals surface area contributed by atoms with Crippen molar-refractivity contribution in [3.8, 4) is 0 Å². The summed E-state index contributed by atoms with van der Waals surface area (Å²) < 4.78 is 7.43. The Labute approximate surface area is 60.9 Å². The van der Waals surface area contributed by atoms with Crippen LogP contribution >= 0.6 is 0 Å². The molecule has 0 radical (unpaired) electrons. The Kier molecular flexibility index (Phi) is 6.22. The Morgan fingerprint density at radius 1 is 1.50 bits per heavy atom. The van der Waals surface area contributed by atoms with Crippen LogP contribution in [0.1, 0.15) is 13.3 Å². The molecule has 0 heterocycles. The molecular formula is C5H13NOTi. The molecule has 0 fully saturated rings. The van der Waals surface area contributed by atoms with E-state index in [0.29, 0.717) is 0 Å². The van der Waals surface area contributed by atoms with Gasteiger partial charge in [0.25, 0.3) is 0 Å². The van der Waals surface area contributed by atoms with Crippen molar-refractivity contribution < 1.29 is 23.1 Å². The molecule has 0 aromatic rings. The SMILES string of the molecule is CCC[O][Ti][N](C)C. The molecule has 3 heteroatoms. The number of hydrogen-bond donors (Lipinski definition) is 0. The number of rotatable bonds is 4. The van der Waals surface area contributed by atoms with Crippen LogP contribution in [-0.2, 0) is 23.1 Å². The normalized spacial score (nSPS) is 10.0. The van der Waals surface area contributed by atoms with Crippen molar-refractivity contribution >= 4 is 0 Å². The van der Waals surface area contributed by atoms with Crippen molar-refractivity contribution in [2.75, 3.05) is 20.7 Å². The van der Waals surface area contributed by atoms with Gasteiger partial charge in [0.2, 0.25) is 0 Å². The van der Waals surface area contributed by atoms with Gasteiger partial charge in [0, 0.05) is 0 Å². The Hall–Kier alpha value is 0.634. The van der Waals surface area contributed by atoms with Gasteiger partial charge in [0.1, 0.15) is 0 Å². The van der Waals surface area contributed by atoms with E-state index in [0.717, 1.165) is 13.0 Å². The van der Waals surface area contributed by atoms with Crippen molar-refractivity contribution in [3.05, 3.63) is 0 Å². The summed E-state index contributed by atoms with van der Waals surface area (Å²) in [6.45, 7) is 3.06. The summed E-state index contributed by atoms with van der Waals surface area (Å²) in [4.78, 5) is 0. The molecule has 0 aliphatic carbocycles. The van der Waals surface area contributed by atoms with Crippen molar-refractivity contribution in [3.63, 3.8) is 0 Å². The molecule has 0 unspecified atom stereocenters. The maximum atomic E-state index is 5.30. The van der Waals surface area contributed by atoms with E-state index >= 15 is 0 Å². The van der Waals surface area contributed by atoms with Crippen LogP contribution < -0.4 is 0 Å². The molecule has 0 saturated heterocycles. The molecular weight excluding hydrogens is 138 g/mol. The maximum absolute atomic E-state index is 5.30. The van der Waals surface area contributed by atoms with E-state index in [1.54, 1.807) is 0 Å². The van der Waals surface area contributed by atoms with E-state index in [1.807, 2.05) is 0 Å². The fourth-order valence-electron chi connectivity index (χ4n) is 0.277. The summed E-state index contributed by atoms with van der Waals surface area (Å²) in [6.07, 6.45) is 1.14. The molecule has 8 heavy (non-hydrogen) atoms. The fraction of sp³-hybridized carbons (Fsp3) is 1.00. The number of hydrogen-bond acceptors (Lipinski definition) is 2. The van der Waals surface area contributed by atoms with Crippen LogP contribution in [0.15, 0.2) is 0 Å². The average Bonchev–Trinajstić information content (AvgIpc) is 1.66. The topological polar surface area (TPSA) is 12.5 Å². The average molecular weight is 151 g/mol. The first-order valence-corrected chi connectivity index (χ1v) is 4.15. The van der Waals surface area contributed by atoms with Crippen LogP contribution in [0.3, 0.4) is 0 Å². The fourth-order valence-corrected chi connectivity index (χ4v) is 1.14. The monoisotopic (exact) mass is 151 g/mol. The Bertz CT molecular complexity index is 49.7. The first-order chi connectivity index (χ1) is 3.77. The van der Waals surface area contributed by atoms with Gasteiger partial charge in [-0.25, -0.2) is 0 Å². The van der Waals surface area contributed by atoms with E-state index in [1.165, 1.54) is 0 Å². The van der Waals surface area contributed by atoms with Crippen molar-refractivity contribution in [2.45, 2.75) is 13.3 Å². The van der Waals surface area contributed by atoms with Gasteiger partial charge in [-0.2, -0.15) is 0 Å². The molecule has 0 aliphatic heterocycles. The molecule has 0 aliphatic rings. The molecule has 0 bridgehead atoms. The second-order valence-electron chi connectivity index (χ2n) is 1.83. The summed E-state index contributed by atoms with van der Waals surface area (Å²) in [5, 5.41) is 0. The van der Waals surface area contributed by atoms with E-state index in [-0.39, 0.29) is 19.8 Å². The van der Waals surface area contributed by atoms with Crippen molar-refractivity contribution in [2.24, 2.45) is 0 Å². The van der Waals surface area contributed by atoms with Crippen LogP contribution in [-0.4, -0.2) is 24.1 Å². The van der Waals surface area contributed by atoms with Gasteiger partial charge >= 0.3 is 60.5 Å². The van der Waals surface area contributed by atoms with E-state index in [4.69, 9.17) is 3.32 Å². The van der Waals surface area contributed by atoms with Crippen molar-refractivity contribution in [1.29, 1.82) is 0 Å². The Morgan fingerprint density at radius 3 is 2.50 bits per heavy atom. The second-order valence-corrected chi connectivity index (χ2v) is 3.97. The third kappa shape index (κ3) is 6.63. The second kappa shape index (κ2) is 5.77. The zero-order valence-electron chi connectivity index (χ0n) is 5.77. The number of nitrogens with zero attached hydrogens (tertiary/aromatic N) is 1. The van der Waals surface area contributed by atoms with Crippen LogP contribution in [0.2, 0.25) is 0 Å². The zero-order chi connectivity index (χ0) is 6.41. The standard InChI is InChI=1S/C3H7O.C2H6N.Ti/c1-2-3-4;1-3-2;/h2-3H2,1H3;1-2H3;/q2*-1;+2. The molecule has 2 nitrogen and oxygen atoms in total. The summed E-state index contributed by atoms with van der Waals surface area (Å²) in [5.74, 6) is 0. The van der Waals surface area contributed by atoms with Gasteiger partial charge in [-0.3, -0.25) is 0 Å². The quantitative estimate of drug-likeness (QED) is 0.437. The predicted octanol–water partition coefficient (Wildman–Crippen LogP) is 0.887. The molecule has 0 atom stereocenters. The van der Waals surface area contributed by atoms with Crippen LogP contribution in [0.5, 0.6) is 0 Å². The van der Waals surface area contributed by atoms with Gasteiger partial charge in [0.15, 0.2) is 0 Å². The van der Waals surface area contributed by atoms with Crippen LogP contribution in [0.25, 0.3) is 0 Å². The van der Waals surface area contributed by atoms with Gasteiger partial charge in [-0.15, -0.1) is 0 Å². The predicted molar refractivity (Wildman–Crippen MR) is 29.9 cm³/mol. The van der Waals surface area contributed by atoms with Gasteiger partial charge in [-0.05, 0) is 0 Å². The minimum absolute atomic E-state index is 0.224. The third-order valence-corrected chi connectivity index (χ3v) is 1.64. The molecule has 0 spiro atoms. The van der Waals surface area contributed by atoms with Crippen LogP contribution in [0.4, 0.5) is 0 Å². The van der Waals surface area contributed by atoms with Crippen LogP contribution in [0, 0.1) is 0 Å². The van der Waals surface area contributed by atoms with Crippen molar-refractivity contribution in [1.82, 2.24) is 3.38 Å². The zero-order valence-corrected chi connectivity index (χ0v) is 7.33. The molecule has 48 valence electrons. The summed E-state index contributed by atoms with van der Waals surface area (Å²) in [6, 6.07) is 0. The molecule has 0 aromatic heterocycles. The molecule has 0 rings (SSSR count). The van der Waals surface area contributed by atoms with Gasteiger partial charge in [-0.1, -0.05) is 0 Å². The Morgan fingerprint density at radius 2 is 2.12 bits per heavy atom. The van der Waals surface area contributed by atoms with Gasteiger partial charge in [0.05, 0.1) is 0 Å². The first-order valence-electron chi connectivity index (χ1n) is 2.82. The molecule has 0 aromatic carbocycles. The molecule has 0 N–H and O–H groups in total. The first kappa shape index (κ1) is 8.63. The van der Waals surface area contributed by atoms with Gasteiger partial charge < -0.3 is 0 Å². The van der Waals surface area contributed by atoms with E-state index < -0.39 is 0 Å². The summed E-state index contributed by atoms with van der Waals surface area (Å²) in [5.41, 5.74) is 0. The molecule has 0 amide bonds.